The van der Waals surface area contributed by atoms with Crippen LogP contribution in [-0.2, 0) is 11.0 Å². The summed E-state index contributed by atoms with van der Waals surface area (Å²) in [6.45, 7) is 16.4. The maximum Gasteiger partial charge on any atom is 0.259 e. The Hall–Kier alpha value is -4.45. The maximum atomic E-state index is 13.5. The highest BCUT2D eigenvalue weighted by Gasteiger charge is 2.24. The molecular weight excluding hydrogens is 490 g/mol. The maximum absolute atomic E-state index is 13.5. The summed E-state index contributed by atoms with van der Waals surface area (Å²) in [4.78, 5) is 17.9. The van der Waals surface area contributed by atoms with Gasteiger partial charge in [-0.2, -0.15) is 5.26 Å². The van der Waals surface area contributed by atoms with Gasteiger partial charge in [-0.25, -0.2) is 9.67 Å². The minimum Gasteiger partial charge on any atom is -0.495 e. The highest BCUT2D eigenvalue weighted by Crippen LogP contribution is 2.33. The van der Waals surface area contributed by atoms with E-state index in [-0.39, 0.29) is 22.6 Å². The molecule has 0 spiro atoms. The SMILES string of the molecule is COc1c(C#N)cc(C(C)(C)C)cc1C(=O)Nc1ccc(C)c(-n2cc(-c3cnc(C)n3C(C)(C)C)nn2)c1. The van der Waals surface area contributed by atoms with Crippen LogP contribution >= 0.6 is 0 Å². The first-order valence-corrected chi connectivity index (χ1v) is 12.8. The van der Waals surface area contributed by atoms with Gasteiger partial charge in [0.05, 0.1) is 42.0 Å². The zero-order chi connectivity index (χ0) is 28.7. The van der Waals surface area contributed by atoms with Crippen molar-refractivity contribution < 1.29 is 9.53 Å². The molecule has 39 heavy (non-hydrogen) atoms. The molecule has 0 unspecified atom stereocenters. The fourth-order valence-electron chi connectivity index (χ4n) is 4.64. The van der Waals surface area contributed by atoms with Gasteiger partial charge in [0, 0.05) is 11.2 Å². The Morgan fingerprint density at radius 1 is 1.08 bits per heavy atom. The number of hydrogen-bond donors (Lipinski definition) is 1. The molecule has 0 radical (unpaired) electrons. The summed E-state index contributed by atoms with van der Waals surface area (Å²) in [6.07, 6.45) is 3.68. The summed E-state index contributed by atoms with van der Waals surface area (Å²) < 4.78 is 9.31. The second-order valence-corrected chi connectivity index (χ2v) is 11.7. The van der Waals surface area contributed by atoms with Gasteiger partial charge in [-0.15, -0.1) is 5.10 Å². The van der Waals surface area contributed by atoms with Crippen LogP contribution in [0.3, 0.4) is 0 Å². The van der Waals surface area contributed by atoms with E-state index in [0.29, 0.717) is 22.5 Å². The van der Waals surface area contributed by atoms with E-state index in [4.69, 9.17) is 4.74 Å². The average Bonchev–Trinajstić information content (AvgIpc) is 3.50. The van der Waals surface area contributed by atoms with E-state index in [2.05, 4.69) is 52.0 Å². The van der Waals surface area contributed by atoms with E-state index in [1.807, 2.05) is 65.2 Å². The van der Waals surface area contributed by atoms with Gasteiger partial charge in [-0.05, 0) is 75.4 Å². The van der Waals surface area contributed by atoms with Crippen molar-refractivity contribution in [2.75, 3.05) is 12.4 Å². The second kappa shape index (κ2) is 10.0. The van der Waals surface area contributed by atoms with E-state index >= 15 is 0 Å². The van der Waals surface area contributed by atoms with Crippen LogP contribution < -0.4 is 10.1 Å². The Balaban J connectivity index is 1.69. The highest BCUT2D eigenvalue weighted by atomic mass is 16.5. The standard InChI is InChI=1S/C30H35N7O2/c1-18-10-11-22(33-28(38)23-13-21(29(3,4)5)12-20(15-31)27(23)39-9)14-25(18)36-17-24(34-35-36)26-16-32-19(2)37(26)30(6,7)8/h10-14,16-17H,1-9H3,(H,33,38). The first-order valence-electron chi connectivity index (χ1n) is 12.8. The topological polar surface area (TPSA) is 111 Å². The van der Waals surface area contributed by atoms with Gasteiger partial charge in [-0.1, -0.05) is 32.1 Å². The number of aryl methyl sites for hydroxylation is 2. The zero-order valence-corrected chi connectivity index (χ0v) is 24.0. The van der Waals surface area contributed by atoms with Gasteiger partial charge in [0.2, 0.25) is 0 Å². The van der Waals surface area contributed by atoms with Gasteiger partial charge >= 0.3 is 0 Å². The van der Waals surface area contributed by atoms with Crippen molar-refractivity contribution >= 4 is 11.6 Å². The Morgan fingerprint density at radius 3 is 2.41 bits per heavy atom. The summed E-state index contributed by atoms with van der Waals surface area (Å²) in [7, 11) is 1.46. The molecule has 0 bridgehead atoms. The molecule has 0 aliphatic carbocycles. The van der Waals surface area contributed by atoms with Crippen LogP contribution in [0.1, 0.15) is 74.4 Å². The van der Waals surface area contributed by atoms with Crippen LogP contribution in [0.2, 0.25) is 0 Å². The third-order valence-electron chi connectivity index (χ3n) is 6.60. The summed E-state index contributed by atoms with van der Waals surface area (Å²) in [6, 6.07) is 11.3. The van der Waals surface area contributed by atoms with Crippen molar-refractivity contribution in [1.29, 1.82) is 5.26 Å². The Bertz CT molecular complexity index is 1590. The predicted octanol–water partition coefficient (Wildman–Crippen LogP) is 5.93. The van der Waals surface area contributed by atoms with Gasteiger partial charge in [0.25, 0.3) is 5.91 Å². The van der Waals surface area contributed by atoms with E-state index in [0.717, 1.165) is 28.3 Å². The third-order valence-corrected chi connectivity index (χ3v) is 6.60. The lowest BCUT2D eigenvalue weighted by atomic mass is 9.84. The number of anilines is 1. The van der Waals surface area contributed by atoms with Crippen LogP contribution in [-0.4, -0.2) is 37.6 Å². The molecule has 202 valence electrons. The Morgan fingerprint density at radius 2 is 1.79 bits per heavy atom. The van der Waals surface area contributed by atoms with Crippen molar-refractivity contribution in [2.24, 2.45) is 0 Å². The number of amides is 1. The number of carbonyl (C=O) groups is 1. The van der Waals surface area contributed by atoms with E-state index in [1.54, 1.807) is 16.8 Å². The zero-order valence-electron chi connectivity index (χ0n) is 24.0. The average molecular weight is 526 g/mol. The number of imidazole rings is 1. The number of nitrogens with one attached hydrogen (secondary N) is 1. The molecule has 0 aliphatic heterocycles. The van der Waals surface area contributed by atoms with E-state index in [9.17, 15) is 10.1 Å². The first kappa shape index (κ1) is 27.6. The smallest absolute Gasteiger partial charge is 0.259 e. The van der Waals surface area contributed by atoms with Crippen LogP contribution in [0.15, 0.2) is 42.7 Å². The molecule has 4 aromatic rings. The Kier molecular flexibility index (Phi) is 7.09. The molecule has 0 saturated heterocycles. The number of nitrogens with zero attached hydrogens (tertiary/aromatic N) is 6. The lowest BCUT2D eigenvalue weighted by Gasteiger charge is -2.24. The number of aromatic nitrogens is 5. The molecule has 2 aromatic heterocycles. The normalized spacial score (nSPS) is 11.8. The summed E-state index contributed by atoms with van der Waals surface area (Å²) >= 11 is 0. The van der Waals surface area contributed by atoms with E-state index < -0.39 is 0 Å². The number of ether oxygens (including phenoxy) is 1. The molecular formula is C30H35N7O2. The number of rotatable bonds is 5. The molecule has 1 amide bonds. The number of methoxy groups -OCH3 is 1. The van der Waals surface area contributed by atoms with Gasteiger partial charge in [-0.3, -0.25) is 4.79 Å². The van der Waals surface area contributed by atoms with Crippen LogP contribution in [0.25, 0.3) is 17.1 Å². The summed E-state index contributed by atoms with van der Waals surface area (Å²) in [5.41, 5.74) is 4.97. The molecule has 4 rings (SSSR count). The number of nitriles is 1. The molecule has 0 fully saturated rings. The van der Waals surface area contributed by atoms with Crippen molar-refractivity contribution in [3.63, 3.8) is 0 Å². The molecule has 2 heterocycles. The lowest BCUT2D eigenvalue weighted by molar-refractivity contribution is 0.102. The second-order valence-electron chi connectivity index (χ2n) is 11.7. The van der Waals surface area contributed by atoms with Crippen LogP contribution in [0.4, 0.5) is 5.69 Å². The predicted molar refractivity (Wildman–Crippen MR) is 151 cm³/mol. The van der Waals surface area contributed by atoms with Crippen LogP contribution in [0.5, 0.6) is 5.75 Å². The van der Waals surface area contributed by atoms with E-state index in [1.165, 1.54) is 7.11 Å². The van der Waals surface area contributed by atoms with Crippen molar-refractivity contribution in [3.05, 3.63) is 70.8 Å². The minimum absolute atomic E-state index is 0.170. The first-order chi connectivity index (χ1) is 18.2. The molecule has 0 atom stereocenters. The fourth-order valence-corrected chi connectivity index (χ4v) is 4.64. The highest BCUT2D eigenvalue weighted by molar-refractivity contribution is 6.07. The molecule has 9 nitrogen and oxygen atoms in total. The monoisotopic (exact) mass is 525 g/mol. The molecule has 0 aliphatic rings. The van der Waals surface area contributed by atoms with Crippen molar-refractivity contribution in [1.82, 2.24) is 24.5 Å². The lowest BCUT2D eigenvalue weighted by Crippen LogP contribution is -2.24. The summed E-state index contributed by atoms with van der Waals surface area (Å²) in [5, 5.41) is 21.5. The van der Waals surface area contributed by atoms with Crippen molar-refractivity contribution in [2.45, 2.75) is 66.3 Å². The Labute approximate surface area is 229 Å². The van der Waals surface area contributed by atoms with Gasteiger partial charge < -0.3 is 14.6 Å². The fraction of sp³-hybridized carbons (Fsp3) is 0.367. The van der Waals surface area contributed by atoms with Gasteiger partial charge in [0.1, 0.15) is 23.3 Å². The number of carbonyl (C=O) groups excluding carboxylic acids is 1. The molecule has 9 heteroatoms. The van der Waals surface area contributed by atoms with Gasteiger partial charge in [0.15, 0.2) is 0 Å². The summed E-state index contributed by atoms with van der Waals surface area (Å²) in [5.74, 6) is 0.786. The quantitative estimate of drug-likeness (QED) is 0.346. The molecule has 0 saturated carbocycles. The minimum atomic E-state index is -0.368. The largest absolute Gasteiger partial charge is 0.495 e. The molecule has 1 N–H and O–H groups in total. The van der Waals surface area contributed by atoms with Crippen LogP contribution in [0, 0.1) is 25.2 Å². The molecule has 2 aromatic carbocycles. The third kappa shape index (κ3) is 5.41. The van der Waals surface area contributed by atoms with Crippen molar-refractivity contribution in [3.8, 4) is 28.9 Å². The number of benzene rings is 2. The number of hydrogen-bond acceptors (Lipinski definition) is 6.